The zero-order valence-electron chi connectivity index (χ0n) is 23.0. The Morgan fingerprint density at radius 1 is 1.02 bits per heavy atom. The summed E-state index contributed by atoms with van der Waals surface area (Å²) in [6.07, 6.45) is 0.260. The molecule has 0 fully saturated rings. The Hall–Kier alpha value is -4.51. The largest absolute Gasteiger partial charge is 0.510 e. The molecule has 3 aliphatic carbocycles. The number of carbonyl (C=O) groups is 3. The zero-order valence-corrected chi connectivity index (χ0v) is 23.0. The zero-order chi connectivity index (χ0) is 30.2. The first-order chi connectivity index (χ1) is 19.9. The molecule has 4 atom stereocenters. The third-order valence-corrected chi connectivity index (χ3v) is 9.00. The molecule has 3 aromatic carbocycles. The van der Waals surface area contributed by atoms with E-state index >= 15 is 0 Å². The quantitative estimate of drug-likeness (QED) is 0.257. The maximum Gasteiger partial charge on any atom is 0.255 e. The topological polar surface area (TPSA) is 182 Å². The number of fused-ring (bicyclic) bond motifs is 4. The van der Waals surface area contributed by atoms with Crippen LogP contribution in [0.5, 0.6) is 5.75 Å². The molecular formula is C32H30N2O8. The van der Waals surface area contributed by atoms with Crippen molar-refractivity contribution in [3.63, 3.8) is 0 Å². The number of hydrogen-bond acceptors (Lipinski definition) is 9. The third-order valence-electron chi connectivity index (χ3n) is 9.00. The number of likely N-dealkylation sites (N-methyl/N-ethyl adjacent to an activating group) is 1. The minimum absolute atomic E-state index is 0.0314. The number of phenols is 1. The van der Waals surface area contributed by atoms with Crippen molar-refractivity contribution in [3.8, 4) is 16.9 Å². The Balaban J connectivity index is 1.50. The Labute approximate surface area is 240 Å². The van der Waals surface area contributed by atoms with Gasteiger partial charge in [-0.3, -0.25) is 19.3 Å². The molecular weight excluding hydrogens is 540 g/mol. The molecule has 10 heteroatoms. The van der Waals surface area contributed by atoms with Crippen LogP contribution in [0.2, 0.25) is 0 Å². The van der Waals surface area contributed by atoms with Gasteiger partial charge in [-0.2, -0.15) is 0 Å². The Bertz CT molecular complexity index is 1770. The van der Waals surface area contributed by atoms with Crippen LogP contribution in [0.25, 0.3) is 21.9 Å². The number of aliphatic hydroxyl groups is 4. The Kier molecular flexibility index (Phi) is 6.27. The van der Waals surface area contributed by atoms with Crippen LogP contribution in [-0.4, -0.2) is 73.6 Å². The van der Waals surface area contributed by atoms with E-state index in [1.54, 1.807) is 32.3 Å². The lowest BCUT2D eigenvalue weighted by molar-refractivity contribution is -0.148. The molecule has 6 rings (SSSR count). The molecule has 0 saturated carbocycles. The van der Waals surface area contributed by atoms with Crippen LogP contribution in [-0.2, 0) is 22.6 Å². The fourth-order valence-electron chi connectivity index (χ4n) is 7.00. The van der Waals surface area contributed by atoms with Gasteiger partial charge in [-0.25, -0.2) is 0 Å². The number of Topliss-reactive ketones (excluding diaryl/α,β-unsaturated/α-hetero) is 2. The van der Waals surface area contributed by atoms with Crippen molar-refractivity contribution in [2.24, 2.45) is 17.6 Å². The van der Waals surface area contributed by atoms with Crippen LogP contribution >= 0.6 is 0 Å². The number of carbonyl (C=O) groups excluding carboxylic acids is 3. The molecule has 0 aliphatic heterocycles. The van der Waals surface area contributed by atoms with Gasteiger partial charge < -0.3 is 31.3 Å². The standard InChI is InChI=1S/C32H30N2O8/c1-34(2)25-21-12-19-10-18-9-17-8-7-16(15-5-3-14(13-35)4-6-15)11-20(17)26(36)22(18)27(37)23(19)29(39)32(21,42)30(40)24(28(25)38)31(33)41/h3-9,11,19,21,25,35-36,38-39,42H,10,12-13H2,1-2H3,(H2,33,41)/t19-,21-,25-,32-/m0/s1. The summed E-state index contributed by atoms with van der Waals surface area (Å²) in [7, 11) is 3.18. The van der Waals surface area contributed by atoms with Gasteiger partial charge >= 0.3 is 0 Å². The molecule has 0 spiro atoms. The molecule has 3 aromatic rings. The number of nitrogens with zero attached hydrogens (tertiary/aromatic N) is 1. The van der Waals surface area contributed by atoms with Crippen molar-refractivity contribution >= 4 is 28.2 Å². The first kappa shape index (κ1) is 27.6. The fraction of sp³-hybridized carbons (Fsp3) is 0.281. The fourth-order valence-corrected chi connectivity index (χ4v) is 7.00. The van der Waals surface area contributed by atoms with Crippen molar-refractivity contribution in [1.82, 2.24) is 4.90 Å². The summed E-state index contributed by atoms with van der Waals surface area (Å²) in [4.78, 5) is 41.1. The summed E-state index contributed by atoms with van der Waals surface area (Å²) >= 11 is 0. The highest BCUT2D eigenvalue weighted by molar-refractivity contribution is 6.25. The third kappa shape index (κ3) is 3.72. The molecule has 0 radical (unpaired) electrons. The Morgan fingerprint density at radius 3 is 2.31 bits per heavy atom. The van der Waals surface area contributed by atoms with E-state index in [9.17, 15) is 39.9 Å². The van der Waals surface area contributed by atoms with Crippen molar-refractivity contribution in [2.75, 3.05) is 14.1 Å². The van der Waals surface area contributed by atoms with E-state index in [2.05, 4.69) is 0 Å². The van der Waals surface area contributed by atoms with E-state index in [0.717, 1.165) is 16.7 Å². The number of ketones is 2. The number of benzene rings is 3. The van der Waals surface area contributed by atoms with Crippen LogP contribution < -0.4 is 5.73 Å². The number of aromatic hydroxyl groups is 1. The van der Waals surface area contributed by atoms with Crippen LogP contribution in [0.15, 0.2) is 71.2 Å². The second-order valence-corrected chi connectivity index (χ2v) is 11.5. The number of phenolic OH excluding ortho intramolecular Hbond substituents is 1. The second kappa shape index (κ2) is 9.52. The highest BCUT2D eigenvalue weighted by Crippen LogP contribution is 2.52. The number of aliphatic hydroxyl groups excluding tert-OH is 3. The summed E-state index contributed by atoms with van der Waals surface area (Å²) < 4.78 is 0. The van der Waals surface area contributed by atoms with Crippen LogP contribution in [0.1, 0.15) is 27.9 Å². The second-order valence-electron chi connectivity index (χ2n) is 11.5. The monoisotopic (exact) mass is 570 g/mol. The number of amides is 1. The average molecular weight is 571 g/mol. The number of primary amides is 1. The van der Waals surface area contributed by atoms with E-state index < -0.39 is 58.0 Å². The number of rotatable bonds is 4. The van der Waals surface area contributed by atoms with Gasteiger partial charge in [0.25, 0.3) is 5.91 Å². The maximum absolute atomic E-state index is 14.0. The number of hydrogen-bond donors (Lipinski definition) is 6. The van der Waals surface area contributed by atoms with Crippen molar-refractivity contribution in [2.45, 2.75) is 31.1 Å². The maximum atomic E-state index is 14.0. The molecule has 0 aromatic heterocycles. The first-order valence-corrected chi connectivity index (χ1v) is 13.5. The summed E-state index contributed by atoms with van der Waals surface area (Å²) in [5, 5.41) is 55.9. The lowest BCUT2D eigenvalue weighted by atomic mass is 9.58. The predicted molar refractivity (Wildman–Crippen MR) is 153 cm³/mol. The van der Waals surface area contributed by atoms with Gasteiger partial charge in [0.05, 0.1) is 18.2 Å². The van der Waals surface area contributed by atoms with Gasteiger partial charge in [0.2, 0.25) is 5.78 Å². The smallest absolute Gasteiger partial charge is 0.255 e. The lowest BCUT2D eigenvalue weighted by Gasteiger charge is -2.50. The number of allylic oxidation sites excluding steroid dienone is 1. The highest BCUT2D eigenvalue weighted by Gasteiger charge is 2.63. The van der Waals surface area contributed by atoms with E-state index in [1.807, 2.05) is 30.3 Å². The first-order valence-electron chi connectivity index (χ1n) is 13.5. The van der Waals surface area contributed by atoms with Gasteiger partial charge in [-0.15, -0.1) is 0 Å². The van der Waals surface area contributed by atoms with E-state index in [0.29, 0.717) is 16.3 Å². The summed E-state index contributed by atoms with van der Waals surface area (Å²) in [5.41, 5.74) is 4.56. The highest BCUT2D eigenvalue weighted by atomic mass is 16.3. The molecule has 3 aliphatic rings. The molecule has 10 nitrogen and oxygen atoms in total. The summed E-state index contributed by atoms with van der Waals surface area (Å²) in [5.74, 6) is -6.73. The molecule has 0 unspecified atom stereocenters. The molecule has 42 heavy (non-hydrogen) atoms. The number of nitrogens with two attached hydrogens (primary N) is 1. The molecule has 0 saturated heterocycles. The lowest BCUT2D eigenvalue weighted by Crippen LogP contribution is -2.63. The molecule has 0 heterocycles. The van der Waals surface area contributed by atoms with Crippen LogP contribution in [0, 0.1) is 11.8 Å². The summed E-state index contributed by atoms with van der Waals surface area (Å²) in [6, 6.07) is 13.5. The van der Waals surface area contributed by atoms with E-state index in [1.165, 1.54) is 4.90 Å². The minimum atomic E-state index is -2.68. The van der Waals surface area contributed by atoms with Crippen LogP contribution in [0.3, 0.4) is 0 Å². The normalized spacial score (nSPS) is 25.5. The van der Waals surface area contributed by atoms with Gasteiger partial charge in [-0.1, -0.05) is 42.5 Å². The van der Waals surface area contributed by atoms with Gasteiger partial charge in [0, 0.05) is 16.9 Å². The van der Waals surface area contributed by atoms with E-state index in [4.69, 9.17) is 5.73 Å². The van der Waals surface area contributed by atoms with Crippen molar-refractivity contribution in [1.29, 1.82) is 0 Å². The molecule has 7 N–H and O–H groups in total. The van der Waals surface area contributed by atoms with Gasteiger partial charge in [0.1, 0.15) is 22.8 Å². The van der Waals surface area contributed by atoms with Crippen molar-refractivity contribution < 1.29 is 39.9 Å². The predicted octanol–water partition coefficient (Wildman–Crippen LogP) is 2.43. The van der Waals surface area contributed by atoms with Crippen molar-refractivity contribution in [3.05, 3.63) is 87.9 Å². The van der Waals surface area contributed by atoms with Gasteiger partial charge in [-0.05, 0) is 66.6 Å². The molecule has 0 bridgehead atoms. The average Bonchev–Trinajstić information content (AvgIpc) is 2.94. The van der Waals surface area contributed by atoms with Gasteiger partial charge in [0.15, 0.2) is 11.4 Å². The van der Waals surface area contributed by atoms with E-state index in [-0.39, 0.29) is 36.3 Å². The Morgan fingerprint density at radius 2 is 1.69 bits per heavy atom. The summed E-state index contributed by atoms with van der Waals surface area (Å²) in [6.45, 7) is -0.0880. The minimum Gasteiger partial charge on any atom is -0.510 e. The molecule has 1 amide bonds. The molecule has 216 valence electrons. The van der Waals surface area contributed by atoms with Crippen LogP contribution in [0.4, 0.5) is 0 Å². The SMILES string of the molecule is CN(C)[C@@H]1C(O)=C(C(N)=O)C(=O)[C@@]2(O)C(O)=C3C(=O)c4c(cc5ccc(-c6ccc(CO)cc6)cc5c4O)C[C@H]3C[C@@H]12.